The second-order valence-electron chi connectivity index (χ2n) is 4.74. The molecule has 22 heavy (non-hydrogen) atoms. The predicted molar refractivity (Wildman–Crippen MR) is 84.7 cm³/mol. The lowest BCUT2D eigenvalue weighted by molar-refractivity contribution is -0.126. The van der Waals surface area contributed by atoms with Gasteiger partial charge in [-0.1, -0.05) is 30.7 Å². The molecule has 0 aliphatic rings. The number of halogens is 1. The van der Waals surface area contributed by atoms with Crippen molar-refractivity contribution in [2.45, 2.75) is 26.3 Å². The first-order valence-corrected chi connectivity index (χ1v) is 7.43. The van der Waals surface area contributed by atoms with E-state index in [4.69, 9.17) is 11.6 Å². The summed E-state index contributed by atoms with van der Waals surface area (Å²) >= 11 is 5.92. The molecule has 6 nitrogen and oxygen atoms in total. The zero-order valence-electron chi connectivity index (χ0n) is 12.6. The molecule has 1 aromatic rings. The first-order chi connectivity index (χ1) is 10.5. The minimum atomic E-state index is -0.775. The molecule has 3 amide bonds. The second kappa shape index (κ2) is 9.04. The molecular weight excluding hydrogens is 306 g/mol. The summed E-state index contributed by atoms with van der Waals surface area (Å²) in [7, 11) is 0. The summed E-state index contributed by atoms with van der Waals surface area (Å²) in [6.45, 7) is 3.91. The average molecular weight is 326 g/mol. The average Bonchev–Trinajstić information content (AvgIpc) is 2.50. The molecule has 0 aromatic heterocycles. The van der Waals surface area contributed by atoms with Crippen LogP contribution in [0.3, 0.4) is 0 Å². The van der Waals surface area contributed by atoms with Crippen molar-refractivity contribution in [3.05, 3.63) is 34.9 Å². The molecule has 1 rings (SSSR count). The zero-order chi connectivity index (χ0) is 16.5. The molecule has 0 bridgehead atoms. The smallest absolute Gasteiger partial charge is 0.253 e. The summed E-state index contributed by atoms with van der Waals surface area (Å²) < 4.78 is 0. The maximum absolute atomic E-state index is 12.0. The van der Waals surface area contributed by atoms with Crippen LogP contribution >= 0.6 is 11.6 Å². The van der Waals surface area contributed by atoms with Crippen LogP contribution < -0.4 is 16.0 Å². The van der Waals surface area contributed by atoms with Crippen molar-refractivity contribution in [1.82, 2.24) is 16.0 Å². The molecule has 0 aliphatic heterocycles. The van der Waals surface area contributed by atoms with Gasteiger partial charge in [-0.05, 0) is 25.5 Å². The van der Waals surface area contributed by atoms with Gasteiger partial charge in [0.2, 0.25) is 11.8 Å². The number of carbonyl (C=O) groups is 3. The maximum atomic E-state index is 12.0. The van der Waals surface area contributed by atoms with Crippen molar-refractivity contribution in [2.24, 2.45) is 0 Å². The summed E-state index contributed by atoms with van der Waals surface area (Å²) in [5, 5.41) is 7.95. The Morgan fingerprint density at radius 2 is 1.86 bits per heavy atom. The van der Waals surface area contributed by atoms with E-state index in [2.05, 4.69) is 16.0 Å². The third-order valence-electron chi connectivity index (χ3n) is 2.85. The quantitative estimate of drug-likeness (QED) is 0.701. The van der Waals surface area contributed by atoms with Crippen LogP contribution in [-0.2, 0) is 9.59 Å². The Kier molecular flexibility index (Phi) is 7.39. The molecule has 1 atom stereocenters. The van der Waals surface area contributed by atoms with Crippen molar-refractivity contribution in [1.29, 1.82) is 0 Å². The topological polar surface area (TPSA) is 87.3 Å². The van der Waals surface area contributed by atoms with Gasteiger partial charge in [-0.15, -0.1) is 0 Å². The van der Waals surface area contributed by atoms with Gasteiger partial charge in [-0.2, -0.15) is 0 Å². The molecule has 0 unspecified atom stereocenters. The largest absolute Gasteiger partial charge is 0.355 e. The van der Waals surface area contributed by atoms with Crippen molar-refractivity contribution in [2.75, 3.05) is 13.1 Å². The fourth-order valence-corrected chi connectivity index (χ4v) is 1.85. The number of nitrogens with one attached hydrogen (secondary N) is 3. The molecular formula is C15H20ClN3O3. The number of rotatable bonds is 7. The lowest BCUT2D eigenvalue weighted by Crippen LogP contribution is -2.47. The third kappa shape index (κ3) is 5.73. The molecule has 3 N–H and O–H groups in total. The first kappa shape index (κ1) is 18.0. The van der Waals surface area contributed by atoms with E-state index in [9.17, 15) is 14.4 Å². The number of hydrogen-bond acceptors (Lipinski definition) is 3. The third-order valence-corrected chi connectivity index (χ3v) is 3.18. The Bertz CT molecular complexity index is 549. The van der Waals surface area contributed by atoms with E-state index in [1.54, 1.807) is 24.3 Å². The molecule has 0 heterocycles. The highest BCUT2D eigenvalue weighted by Gasteiger charge is 2.18. The van der Waals surface area contributed by atoms with Gasteiger partial charge in [0, 0.05) is 6.54 Å². The predicted octanol–water partition coefficient (Wildman–Crippen LogP) is 1.10. The highest BCUT2D eigenvalue weighted by molar-refractivity contribution is 6.33. The van der Waals surface area contributed by atoms with Gasteiger partial charge >= 0.3 is 0 Å². The van der Waals surface area contributed by atoms with Gasteiger partial charge in [-0.3, -0.25) is 14.4 Å². The summed E-state index contributed by atoms with van der Waals surface area (Å²) in [5.74, 6) is -1.14. The first-order valence-electron chi connectivity index (χ1n) is 7.05. The number of amides is 3. The summed E-state index contributed by atoms with van der Waals surface area (Å²) in [6.07, 6.45) is 0.823. The van der Waals surface area contributed by atoms with Crippen LogP contribution in [0.15, 0.2) is 24.3 Å². The molecule has 0 radical (unpaired) electrons. The van der Waals surface area contributed by atoms with Gasteiger partial charge in [-0.25, -0.2) is 0 Å². The lowest BCUT2D eigenvalue weighted by atomic mass is 10.2. The van der Waals surface area contributed by atoms with Gasteiger partial charge in [0.1, 0.15) is 6.04 Å². The Morgan fingerprint density at radius 1 is 1.18 bits per heavy atom. The van der Waals surface area contributed by atoms with E-state index < -0.39 is 17.9 Å². The van der Waals surface area contributed by atoms with E-state index in [1.807, 2.05) is 6.92 Å². The molecule has 7 heteroatoms. The van der Waals surface area contributed by atoms with Crippen molar-refractivity contribution < 1.29 is 14.4 Å². The normalized spacial score (nSPS) is 11.4. The minimum absolute atomic E-state index is 0.120. The Hall–Kier alpha value is -2.08. The fourth-order valence-electron chi connectivity index (χ4n) is 1.63. The highest BCUT2D eigenvalue weighted by Crippen LogP contribution is 2.14. The molecule has 0 saturated heterocycles. The molecule has 0 fully saturated rings. The molecule has 0 aliphatic carbocycles. The molecule has 1 aromatic carbocycles. The van der Waals surface area contributed by atoms with Crippen LogP contribution in [0.2, 0.25) is 5.02 Å². The van der Waals surface area contributed by atoms with E-state index >= 15 is 0 Å². The van der Waals surface area contributed by atoms with Crippen LogP contribution in [0, 0.1) is 0 Å². The lowest BCUT2D eigenvalue weighted by Gasteiger charge is -2.14. The van der Waals surface area contributed by atoms with E-state index in [0.29, 0.717) is 17.1 Å². The van der Waals surface area contributed by atoms with E-state index in [0.717, 1.165) is 6.42 Å². The number of benzene rings is 1. The SMILES string of the molecule is CCCNC(=O)CNC(=O)[C@H](C)NC(=O)c1ccccc1Cl. The molecule has 0 spiro atoms. The van der Waals surface area contributed by atoms with E-state index in [1.165, 1.54) is 6.92 Å². The van der Waals surface area contributed by atoms with Crippen LogP contribution in [0.5, 0.6) is 0 Å². The zero-order valence-corrected chi connectivity index (χ0v) is 13.4. The minimum Gasteiger partial charge on any atom is -0.355 e. The Balaban J connectivity index is 2.46. The van der Waals surface area contributed by atoms with Gasteiger partial charge in [0.05, 0.1) is 17.1 Å². The van der Waals surface area contributed by atoms with Gasteiger partial charge in [0.25, 0.3) is 5.91 Å². The maximum Gasteiger partial charge on any atom is 0.253 e. The van der Waals surface area contributed by atoms with Crippen LogP contribution in [0.4, 0.5) is 0 Å². The van der Waals surface area contributed by atoms with E-state index in [-0.39, 0.29) is 12.5 Å². The van der Waals surface area contributed by atoms with Gasteiger partial charge < -0.3 is 16.0 Å². The van der Waals surface area contributed by atoms with Crippen LogP contribution in [0.25, 0.3) is 0 Å². The fraction of sp³-hybridized carbons (Fsp3) is 0.400. The second-order valence-corrected chi connectivity index (χ2v) is 5.15. The van der Waals surface area contributed by atoms with Crippen molar-refractivity contribution >= 4 is 29.3 Å². The number of hydrogen-bond donors (Lipinski definition) is 3. The highest BCUT2D eigenvalue weighted by atomic mass is 35.5. The molecule has 0 saturated carbocycles. The monoisotopic (exact) mass is 325 g/mol. The Morgan fingerprint density at radius 3 is 2.50 bits per heavy atom. The summed E-state index contributed by atoms with van der Waals surface area (Å²) in [6, 6.07) is 5.79. The standard InChI is InChI=1S/C15H20ClN3O3/c1-3-8-17-13(20)9-18-14(21)10(2)19-15(22)11-6-4-5-7-12(11)16/h4-7,10H,3,8-9H2,1-2H3,(H,17,20)(H,18,21)(H,19,22)/t10-/m0/s1. The van der Waals surface area contributed by atoms with Gasteiger partial charge in [0.15, 0.2) is 0 Å². The Labute approximate surface area is 134 Å². The number of carbonyl (C=O) groups excluding carboxylic acids is 3. The molecule has 120 valence electrons. The summed E-state index contributed by atoms with van der Waals surface area (Å²) in [4.78, 5) is 35.2. The van der Waals surface area contributed by atoms with Crippen molar-refractivity contribution in [3.8, 4) is 0 Å². The van der Waals surface area contributed by atoms with Crippen molar-refractivity contribution in [3.63, 3.8) is 0 Å². The van der Waals surface area contributed by atoms with Crippen LogP contribution in [0.1, 0.15) is 30.6 Å². The summed E-state index contributed by atoms with van der Waals surface area (Å²) in [5.41, 5.74) is 0.296. The van der Waals surface area contributed by atoms with Crippen LogP contribution in [-0.4, -0.2) is 36.9 Å².